The van der Waals surface area contributed by atoms with E-state index < -0.39 is 0 Å². The zero-order chi connectivity index (χ0) is 12.1. The fourth-order valence-electron chi connectivity index (χ4n) is 1.43. The van der Waals surface area contributed by atoms with Crippen molar-refractivity contribution in [1.29, 1.82) is 0 Å². The minimum absolute atomic E-state index is 0.0645. The van der Waals surface area contributed by atoms with E-state index in [0.717, 1.165) is 11.0 Å². The number of carbonyl (C=O) groups excluding carboxylic acids is 1. The molecule has 0 saturated carbocycles. The van der Waals surface area contributed by atoms with E-state index >= 15 is 0 Å². The third-order valence-electron chi connectivity index (χ3n) is 2.19. The van der Waals surface area contributed by atoms with Gasteiger partial charge in [-0.15, -0.1) is 0 Å². The molecule has 1 aromatic heterocycles. The lowest BCUT2D eigenvalue weighted by Gasteiger charge is -2.05. The molecular formula is C12H13N3O2. The first kappa shape index (κ1) is 11.5. The van der Waals surface area contributed by atoms with Gasteiger partial charge in [-0.2, -0.15) is 0 Å². The van der Waals surface area contributed by atoms with E-state index in [2.05, 4.69) is 15.3 Å². The van der Waals surface area contributed by atoms with Gasteiger partial charge in [-0.3, -0.25) is 14.8 Å². The molecule has 0 spiro atoms. The van der Waals surface area contributed by atoms with Gasteiger partial charge in [0, 0.05) is 24.7 Å². The number of hydrogen-bond donors (Lipinski definition) is 1. The number of nitrogens with one attached hydrogen (secondary N) is 1. The monoisotopic (exact) mass is 231 g/mol. The van der Waals surface area contributed by atoms with Crippen molar-refractivity contribution in [2.45, 2.75) is 6.92 Å². The molecule has 5 heteroatoms. The summed E-state index contributed by atoms with van der Waals surface area (Å²) in [6.07, 6.45) is 3.25. The summed E-state index contributed by atoms with van der Waals surface area (Å²) in [4.78, 5) is 19.8. The molecule has 0 bridgehead atoms. The Morgan fingerprint density at radius 1 is 1.29 bits per heavy atom. The smallest absolute Gasteiger partial charge is 0.250 e. The Labute approximate surface area is 98.8 Å². The van der Waals surface area contributed by atoms with Crippen molar-refractivity contribution in [3.05, 3.63) is 30.6 Å². The molecule has 0 aliphatic rings. The second kappa shape index (κ2) is 5.36. The number of benzene rings is 1. The molecule has 17 heavy (non-hydrogen) atoms. The quantitative estimate of drug-likeness (QED) is 0.868. The average molecular weight is 231 g/mol. The second-order valence-corrected chi connectivity index (χ2v) is 3.45. The minimum Gasteiger partial charge on any atom is -0.372 e. The first-order chi connectivity index (χ1) is 8.29. The minimum atomic E-state index is -0.171. The molecule has 88 valence electrons. The lowest BCUT2D eigenvalue weighted by atomic mass is 10.2. The number of hydrogen-bond acceptors (Lipinski definition) is 4. The van der Waals surface area contributed by atoms with Gasteiger partial charge < -0.3 is 10.1 Å². The Kier molecular flexibility index (Phi) is 3.62. The Hall–Kier alpha value is -2.01. The number of carbonyl (C=O) groups is 1. The molecule has 2 aromatic rings. The van der Waals surface area contributed by atoms with Gasteiger partial charge in [-0.1, -0.05) is 0 Å². The molecule has 0 saturated heterocycles. The topological polar surface area (TPSA) is 64.1 Å². The van der Waals surface area contributed by atoms with Crippen LogP contribution in [0.25, 0.3) is 11.0 Å². The number of amides is 1. The van der Waals surface area contributed by atoms with Gasteiger partial charge in [0.05, 0.1) is 11.0 Å². The molecule has 5 nitrogen and oxygen atoms in total. The van der Waals surface area contributed by atoms with Gasteiger partial charge in [0.1, 0.15) is 6.61 Å². The van der Waals surface area contributed by atoms with E-state index in [-0.39, 0.29) is 12.5 Å². The molecule has 0 fully saturated rings. The summed E-state index contributed by atoms with van der Waals surface area (Å²) in [5.74, 6) is -0.171. The molecule has 1 aromatic carbocycles. The summed E-state index contributed by atoms with van der Waals surface area (Å²) in [6, 6.07) is 5.39. The number of aromatic nitrogens is 2. The number of ether oxygens (including phenoxy) is 1. The van der Waals surface area contributed by atoms with E-state index in [4.69, 9.17) is 4.74 Å². The molecule has 1 amide bonds. The van der Waals surface area contributed by atoms with Crippen molar-refractivity contribution in [3.8, 4) is 0 Å². The predicted molar refractivity (Wildman–Crippen MR) is 64.7 cm³/mol. The maximum atomic E-state index is 11.4. The number of anilines is 1. The molecule has 0 radical (unpaired) electrons. The van der Waals surface area contributed by atoms with Crippen LogP contribution in [0, 0.1) is 0 Å². The maximum Gasteiger partial charge on any atom is 0.250 e. The normalized spacial score (nSPS) is 10.4. The van der Waals surface area contributed by atoms with E-state index in [0.29, 0.717) is 12.3 Å². The SMILES string of the molecule is CCOCC(=O)Nc1ccc2nccnc2c1. The molecule has 1 N–H and O–H groups in total. The van der Waals surface area contributed by atoms with E-state index in [1.54, 1.807) is 24.5 Å². The van der Waals surface area contributed by atoms with Crippen LogP contribution in [0.3, 0.4) is 0 Å². The summed E-state index contributed by atoms with van der Waals surface area (Å²) in [5.41, 5.74) is 2.25. The van der Waals surface area contributed by atoms with Gasteiger partial charge in [0.2, 0.25) is 5.91 Å². The van der Waals surface area contributed by atoms with Crippen molar-refractivity contribution in [3.63, 3.8) is 0 Å². The van der Waals surface area contributed by atoms with Crippen LogP contribution >= 0.6 is 0 Å². The molecule has 1 heterocycles. The van der Waals surface area contributed by atoms with Crippen molar-refractivity contribution < 1.29 is 9.53 Å². The Morgan fingerprint density at radius 2 is 2.06 bits per heavy atom. The maximum absolute atomic E-state index is 11.4. The van der Waals surface area contributed by atoms with Gasteiger partial charge in [-0.25, -0.2) is 0 Å². The highest BCUT2D eigenvalue weighted by Gasteiger charge is 2.03. The zero-order valence-electron chi connectivity index (χ0n) is 9.51. The molecule has 0 atom stereocenters. The lowest BCUT2D eigenvalue weighted by molar-refractivity contribution is -0.120. The van der Waals surface area contributed by atoms with Crippen molar-refractivity contribution in [2.75, 3.05) is 18.5 Å². The first-order valence-corrected chi connectivity index (χ1v) is 5.38. The number of fused-ring (bicyclic) bond motifs is 1. The highest BCUT2D eigenvalue weighted by Crippen LogP contribution is 2.14. The van der Waals surface area contributed by atoms with Crippen LogP contribution in [-0.4, -0.2) is 29.1 Å². The summed E-state index contributed by atoms with van der Waals surface area (Å²) in [5, 5.41) is 2.74. The van der Waals surface area contributed by atoms with Crippen LogP contribution in [0.15, 0.2) is 30.6 Å². The average Bonchev–Trinajstić information content (AvgIpc) is 2.36. The van der Waals surface area contributed by atoms with Gasteiger partial charge in [0.25, 0.3) is 0 Å². The fraction of sp³-hybridized carbons (Fsp3) is 0.250. The second-order valence-electron chi connectivity index (χ2n) is 3.45. The van der Waals surface area contributed by atoms with Crippen LogP contribution in [-0.2, 0) is 9.53 Å². The van der Waals surface area contributed by atoms with Crippen LogP contribution in [0.4, 0.5) is 5.69 Å². The largest absolute Gasteiger partial charge is 0.372 e. The van der Waals surface area contributed by atoms with E-state index in [9.17, 15) is 4.79 Å². The Bertz CT molecular complexity index is 528. The molecule has 0 aliphatic carbocycles. The highest BCUT2D eigenvalue weighted by atomic mass is 16.5. The van der Waals surface area contributed by atoms with Gasteiger partial charge >= 0.3 is 0 Å². The standard InChI is InChI=1S/C12H13N3O2/c1-2-17-8-12(16)15-9-3-4-10-11(7-9)14-6-5-13-10/h3-7H,2,8H2,1H3,(H,15,16). The van der Waals surface area contributed by atoms with Crippen LogP contribution in [0.5, 0.6) is 0 Å². The predicted octanol–water partition coefficient (Wildman–Crippen LogP) is 1.60. The van der Waals surface area contributed by atoms with Crippen molar-refractivity contribution >= 4 is 22.6 Å². The summed E-state index contributed by atoms with van der Waals surface area (Å²) < 4.78 is 5.01. The van der Waals surface area contributed by atoms with Crippen LogP contribution in [0.1, 0.15) is 6.92 Å². The summed E-state index contributed by atoms with van der Waals surface area (Å²) in [6.45, 7) is 2.44. The van der Waals surface area contributed by atoms with Crippen molar-refractivity contribution in [2.24, 2.45) is 0 Å². The molecule has 2 rings (SSSR count). The van der Waals surface area contributed by atoms with Gasteiger partial charge in [-0.05, 0) is 25.1 Å². The fourth-order valence-corrected chi connectivity index (χ4v) is 1.43. The van der Waals surface area contributed by atoms with Crippen LogP contribution in [0.2, 0.25) is 0 Å². The Morgan fingerprint density at radius 3 is 2.82 bits per heavy atom. The Balaban J connectivity index is 2.11. The van der Waals surface area contributed by atoms with Crippen molar-refractivity contribution in [1.82, 2.24) is 9.97 Å². The number of rotatable bonds is 4. The third-order valence-corrected chi connectivity index (χ3v) is 2.19. The molecule has 0 unspecified atom stereocenters. The lowest BCUT2D eigenvalue weighted by Crippen LogP contribution is -2.18. The number of nitrogens with zero attached hydrogens (tertiary/aromatic N) is 2. The van der Waals surface area contributed by atoms with Gasteiger partial charge in [0.15, 0.2) is 0 Å². The van der Waals surface area contributed by atoms with Crippen LogP contribution < -0.4 is 5.32 Å². The zero-order valence-corrected chi connectivity index (χ0v) is 9.51. The summed E-state index contributed by atoms with van der Waals surface area (Å²) >= 11 is 0. The first-order valence-electron chi connectivity index (χ1n) is 5.38. The van der Waals surface area contributed by atoms with E-state index in [1.807, 2.05) is 13.0 Å². The highest BCUT2D eigenvalue weighted by molar-refractivity contribution is 5.93. The molecular weight excluding hydrogens is 218 g/mol. The third kappa shape index (κ3) is 2.98. The van der Waals surface area contributed by atoms with E-state index in [1.165, 1.54) is 0 Å². The summed E-state index contributed by atoms with van der Waals surface area (Å²) in [7, 11) is 0. The molecule has 0 aliphatic heterocycles.